The van der Waals surface area contributed by atoms with Gasteiger partial charge >= 0.3 is 0 Å². The lowest BCUT2D eigenvalue weighted by Gasteiger charge is -2.06. The number of anilines is 1. The molecule has 0 bridgehead atoms. The first kappa shape index (κ1) is 20.3. The number of hydrogen-bond donors (Lipinski definition) is 2. The zero-order valence-corrected chi connectivity index (χ0v) is 14.5. The highest BCUT2D eigenvalue weighted by molar-refractivity contribution is 7.89. The molecule has 0 saturated heterocycles. The van der Waals surface area contributed by atoms with Crippen LogP contribution in [0.25, 0.3) is 6.08 Å². The maximum absolute atomic E-state index is 10.5. The van der Waals surface area contributed by atoms with E-state index in [0.29, 0.717) is 6.54 Å². The first-order valence-corrected chi connectivity index (χ1v) is 8.99. The van der Waals surface area contributed by atoms with Gasteiger partial charge in [0.1, 0.15) is 6.29 Å². The summed E-state index contributed by atoms with van der Waals surface area (Å²) in [5, 5.41) is 3.24. The van der Waals surface area contributed by atoms with E-state index in [-0.39, 0.29) is 5.75 Å². The summed E-state index contributed by atoms with van der Waals surface area (Å²) in [6, 6.07) is 6.10. The molecule has 2 N–H and O–H groups in total. The Morgan fingerprint density at radius 3 is 2.23 bits per heavy atom. The summed E-state index contributed by atoms with van der Waals surface area (Å²) in [4.78, 5) is 10.2. The third-order valence-electron chi connectivity index (χ3n) is 2.75. The molecular formula is C16H26N2O3S. The number of rotatable bonds is 7. The Labute approximate surface area is 133 Å². The zero-order valence-electron chi connectivity index (χ0n) is 13.7. The third-order valence-corrected chi connectivity index (χ3v) is 4.24. The summed E-state index contributed by atoms with van der Waals surface area (Å²) < 4.78 is 23.3. The Morgan fingerprint density at radius 1 is 1.14 bits per heavy atom. The Kier molecular flexibility index (Phi) is 10.2. The van der Waals surface area contributed by atoms with Crippen LogP contribution in [0.1, 0.15) is 31.9 Å². The quantitative estimate of drug-likeness (QED) is 0.596. The summed E-state index contributed by atoms with van der Waals surface area (Å²) in [6.45, 7) is 8.87. The van der Waals surface area contributed by atoms with Crippen molar-refractivity contribution in [2.75, 3.05) is 24.2 Å². The minimum atomic E-state index is -2.92. The van der Waals surface area contributed by atoms with Crippen molar-refractivity contribution in [1.82, 2.24) is 4.72 Å². The highest BCUT2D eigenvalue weighted by atomic mass is 32.2. The van der Waals surface area contributed by atoms with E-state index >= 15 is 0 Å². The van der Waals surface area contributed by atoms with Gasteiger partial charge in [-0.1, -0.05) is 19.1 Å². The number of aryl methyl sites for hydroxylation is 1. The molecule has 0 spiro atoms. The Balaban J connectivity index is 0.000000472. The average molecular weight is 326 g/mol. The third kappa shape index (κ3) is 8.59. The van der Waals surface area contributed by atoms with E-state index in [0.717, 1.165) is 24.1 Å². The molecule has 0 atom stereocenters. The maximum atomic E-state index is 10.5. The second-order valence-electron chi connectivity index (χ2n) is 4.50. The topological polar surface area (TPSA) is 75.3 Å². The molecule has 0 heterocycles. The molecule has 1 aromatic carbocycles. The Morgan fingerprint density at radius 2 is 1.82 bits per heavy atom. The van der Waals surface area contributed by atoms with Crippen LogP contribution in [0.2, 0.25) is 0 Å². The zero-order chi connectivity index (χ0) is 17.0. The lowest BCUT2D eigenvalue weighted by molar-refractivity contribution is -0.104. The summed E-state index contributed by atoms with van der Waals surface area (Å²) in [5.41, 5.74) is 3.37. The normalized spacial score (nSPS) is 10.9. The predicted molar refractivity (Wildman–Crippen MR) is 93.6 cm³/mol. The number of allylic oxidation sites excluding steroid dienone is 1. The number of carbonyl (C=O) groups is 1. The van der Waals surface area contributed by atoms with Crippen molar-refractivity contribution in [2.24, 2.45) is 0 Å². The minimum Gasteiger partial charge on any atom is -0.385 e. The fraction of sp³-hybridized carbons (Fsp3) is 0.438. The van der Waals surface area contributed by atoms with E-state index in [1.54, 1.807) is 13.8 Å². The van der Waals surface area contributed by atoms with Crippen LogP contribution in [0.3, 0.4) is 0 Å². The van der Waals surface area contributed by atoms with Gasteiger partial charge in [-0.05, 0) is 50.1 Å². The molecule has 1 rings (SSSR count). The van der Waals surface area contributed by atoms with Gasteiger partial charge in [-0.15, -0.1) is 0 Å². The minimum absolute atomic E-state index is 0.167. The summed E-state index contributed by atoms with van der Waals surface area (Å²) in [6.07, 6.45) is 4.12. The number of aldehydes is 1. The fourth-order valence-electron chi connectivity index (χ4n) is 1.64. The smallest absolute Gasteiger partial charge is 0.211 e. The van der Waals surface area contributed by atoms with Gasteiger partial charge in [0.15, 0.2) is 0 Å². The SMILES string of the molecule is CCNS(=O)(=O)CC.CCNc1ccc(C=CC=O)c(C)c1. The van der Waals surface area contributed by atoms with E-state index in [1.807, 2.05) is 25.1 Å². The van der Waals surface area contributed by atoms with Gasteiger partial charge in [0.25, 0.3) is 0 Å². The second-order valence-corrected chi connectivity index (χ2v) is 6.59. The van der Waals surface area contributed by atoms with Gasteiger partial charge in [0.2, 0.25) is 10.0 Å². The van der Waals surface area contributed by atoms with Gasteiger partial charge in [-0.25, -0.2) is 13.1 Å². The van der Waals surface area contributed by atoms with Crippen LogP contribution < -0.4 is 10.0 Å². The molecule has 0 aliphatic carbocycles. The van der Waals surface area contributed by atoms with Gasteiger partial charge in [-0.2, -0.15) is 0 Å². The molecule has 124 valence electrons. The molecule has 22 heavy (non-hydrogen) atoms. The van der Waals surface area contributed by atoms with E-state index in [1.165, 1.54) is 11.6 Å². The standard InChI is InChI=1S/C12H15NO.C4H11NO2S/c1-3-13-12-7-6-11(5-4-8-14)10(2)9-12;1-3-5-8(6,7)4-2/h4-9,13H,3H2,1-2H3;5H,3-4H2,1-2H3. The number of sulfonamides is 1. The van der Waals surface area contributed by atoms with Gasteiger partial charge in [0, 0.05) is 18.8 Å². The average Bonchev–Trinajstić information content (AvgIpc) is 2.47. The molecule has 0 fully saturated rings. The molecule has 5 nitrogen and oxygen atoms in total. The molecule has 0 amide bonds. The van der Waals surface area contributed by atoms with E-state index in [9.17, 15) is 13.2 Å². The second kappa shape index (κ2) is 11.0. The van der Waals surface area contributed by atoms with Crippen LogP contribution in [-0.2, 0) is 14.8 Å². The van der Waals surface area contributed by atoms with Crippen molar-refractivity contribution >= 4 is 28.1 Å². The van der Waals surface area contributed by atoms with Crippen LogP contribution >= 0.6 is 0 Å². The molecule has 0 aromatic heterocycles. The molecule has 6 heteroatoms. The van der Waals surface area contributed by atoms with Crippen LogP contribution in [-0.4, -0.2) is 33.5 Å². The van der Waals surface area contributed by atoms with E-state index < -0.39 is 10.0 Å². The lowest BCUT2D eigenvalue weighted by atomic mass is 10.1. The first-order valence-electron chi connectivity index (χ1n) is 7.33. The van der Waals surface area contributed by atoms with Crippen molar-refractivity contribution < 1.29 is 13.2 Å². The molecular weight excluding hydrogens is 300 g/mol. The molecule has 0 unspecified atom stereocenters. The maximum Gasteiger partial charge on any atom is 0.211 e. The highest BCUT2D eigenvalue weighted by Gasteiger charge is 2.00. The van der Waals surface area contributed by atoms with Gasteiger partial charge < -0.3 is 5.32 Å². The largest absolute Gasteiger partial charge is 0.385 e. The molecule has 0 radical (unpaired) electrons. The van der Waals surface area contributed by atoms with Crippen molar-refractivity contribution in [3.05, 3.63) is 35.4 Å². The van der Waals surface area contributed by atoms with Crippen LogP contribution in [0.15, 0.2) is 24.3 Å². The van der Waals surface area contributed by atoms with Crippen LogP contribution in [0.4, 0.5) is 5.69 Å². The van der Waals surface area contributed by atoms with Crippen LogP contribution in [0, 0.1) is 6.92 Å². The first-order chi connectivity index (χ1) is 10.4. The van der Waals surface area contributed by atoms with Gasteiger partial charge in [0.05, 0.1) is 5.75 Å². The summed E-state index contributed by atoms with van der Waals surface area (Å²) >= 11 is 0. The number of benzene rings is 1. The Bertz CT molecular complexity index is 581. The lowest BCUT2D eigenvalue weighted by Crippen LogP contribution is -2.24. The van der Waals surface area contributed by atoms with Crippen LogP contribution in [0.5, 0.6) is 0 Å². The molecule has 0 aliphatic rings. The van der Waals surface area contributed by atoms with Crippen molar-refractivity contribution in [1.29, 1.82) is 0 Å². The number of carbonyl (C=O) groups excluding carboxylic acids is 1. The predicted octanol–water partition coefficient (Wildman–Crippen LogP) is 2.58. The molecule has 0 aliphatic heterocycles. The fourth-order valence-corrected chi connectivity index (χ4v) is 2.29. The van der Waals surface area contributed by atoms with Gasteiger partial charge in [-0.3, -0.25) is 4.79 Å². The molecule has 1 aromatic rings. The Hall–Kier alpha value is -1.66. The monoisotopic (exact) mass is 326 g/mol. The number of hydrogen-bond acceptors (Lipinski definition) is 4. The summed E-state index contributed by atoms with van der Waals surface area (Å²) in [7, 11) is -2.92. The number of nitrogens with one attached hydrogen (secondary N) is 2. The summed E-state index contributed by atoms with van der Waals surface area (Å²) in [5.74, 6) is 0.167. The van der Waals surface area contributed by atoms with E-state index in [4.69, 9.17) is 0 Å². The van der Waals surface area contributed by atoms with E-state index in [2.05, 4.69) is 23.0 Å². The molecule has 0 saturated carbocycles. The van der Waals surface area contributed by atoms with Crippen molar-refractivity contribution in [2.45, 2.75) is 27.7 Å². The van der Waals surface area contributed by atoms with Crippen molar-refractivity contribution in [3.63, 3.8) is 0 Å². The van der Waals surface area contributed by atoms with Crippen molar-refractivity contribution in [3.8, 4) is 0 Å². The highest BCUT2D eigenvalue weighted by Crippen LogP contribution is 2.15.